The first-order valence-corrected chi connectivity index (χ1v) is 20.7. The predicted molar refractivity (Wildman–Crippen MR) is 200 cm³/mol. The van der Waals surface area contributed by atoms with Gasteiger partial charge in [-0.25, -0.2) is 0 Å². The molecule has 266 valence electrons. The average molecular weight is 793 g/mol. The highest BCUT2D eigenvalue weighted by Gasteiger charge is 2.44. The van der Waals surface area contributed by atoms with Gasteiger partial charge in [0.25, 0.3) is 0 Å². The van der Waals surface area contributed by atoms with E-state index in [2.05, 4.69) is 102 Å². The first-order chi connectivity index (χ1) is 23.3. The molecule has 0 aromatic heterocycles. The van der Waals surface area contributed by atoms with Crippen LogP contribution < -0.4 is 49.3 Å². The van der Waals surface area contributed by atoms with Crippen LogP contribution in [0.25, 0.3) is 0 Å². The molecule has 0 bridgehead atoms. The van der Waals surface area contributed by atoms with Gasteiger partial charge in [-0.05, 0) is 69.5 Å². The molecule has 0 aliphatic rings. The minimum atomic E-state index is -1.89. The average Bonchev–Trinajstić information content (AvgIpc) is 3.11. The summed E-state index contributed by atoms with van der Waals surface area (Å²) in [5.74, 6) is -0.871. The van der Waals surface area contributed by atoms with Crippen molar-refractivity contribution in [1.82, 2.24) is 10.6 Å². The Labute approximate surface area is 309 Å². The lowest BCUT2D eigenvalue weighted by molar-refractivity contribution is -0.145. The molecule has 49 heavy (non-hydrogen) atoms. The van der Waals surface area contributed by atoms with Gasteiger partial charge in [0.1, 0.15) is 41.8 Å². The number of ether oxygens (including phenoxy) is 2. The van der Waals surface area contributed by atoms with Crippen molar-refractivity contribution in [3.8, 4) is 0 Å². The molecule has 3 rings (SSSR count). The van der Waals surface area contributed by atoms with Crippen molar-refractivity contribution in [2.45, 2.75) is 51.6 Å². The van der Waals surface area contributed by atoms with Gasteiger partial charge in [0.2, 0.25) is 11.8 Å². The van der Waals surface area contributed by atoms with Gasteiger partial charge in [0, 0.05) is 17.9 Å². The summed E-state index contributed by atoms with van der Waals surface area (Å²) in [6, 6.07) is 30.6. The molecule has 3 aromatic rings. The first-order valence-electron chi connectivity index (χ1n) is 16.3. The Morgan fingerprint density at radius 2 is 1.31 bits per heavy atom. The van der Waals surface area contributed by atoms with E-state index in [1.807, 2.05) is 0 Å². The van der Waals surface area contributed by atoms with Crippen molar-refractivity contribution in [2.75, 3.05) is 37.4 Å². The number of carbonyl (C=O) groups is 4. The molecule has 13 heteroatoms. The fourth-order valence-electron chi connectivity index (χ4n) is 5.16. The van der Waals surface area contributed by atoms with Crippen LogP contribution in [0.15, 0.2) is 91.0 Å². The second kappa shape index (κ2) is 23.5. The van der Waals surface area contributed by atoms with Gasteiger partial charge in [-0.2, -0.15) is 0 Å². The smallest absolute Gasteiger partial charge is 0.325 e. The Balaban J connectivity index is 0.00000833. The maximum absolute atomic E-state index is 12.9. The zero-order valence-electron chi connectivity index (χ0n) is 28.1. The number of esters is 2. The van der Waals surface area contributed by atoms with Crippen LogP contribution in [0, 0.1) is 0 Å². The number of carbonyl (C=O) groups excluding carboxylic acids is 4. The van der Waals surface area contributed by atoms with Crippen molar-refractivity contribution in [3.05, 3.63) is 91.0 Å². The van der Waals surface area contributed by atoms with Crippen molar-refractivity contribution in [2.24, 2.45) is 5.73 Å². The van der Waals surface area contributed by atoms with Crippen molar-refractivity contribution >= 4 is 68.5 Å². The molecular weight excluding hydrogens is 745 g/mol. The standard InChI is InChI=1S/C36H46N3O6PS2.BrH/c1-3-44-34(41)26-38-35(42)32(39-33(40)23-22-31(37)36(43)45-4-2)27-48-47-25-15-14-24-46(28-16-8-5-9-17-28,29-18-10-6-11-19-29)30-20-12-7-13-21-30;/h5-13,16-21,31-32H,3-4,14-15,22-27,37H2,1-2H3,(H-,38,39,40,42);1H/t31-,32-;/m0./s1. The highest BCUT2D eigenvalue weighted by atomic mass is 79.9. The second-order valence-corrected chi connectivity index (χ2v) is 17.1. The molecule has 9 nitrogen and oxygen atoms in total. The van der Waals surface area contributed by atoms with Crippen LogP contribution in [0.5, 0.6) is 0 Å². The number of nitrogens with two attached hydrogens (primary N) is 1. The van der Waals surface area contributed by atoms with Crippen LogP contribution in [0.1, 0.15) is 39.5 Å². The lowest BCUT2D eigenvalue weighted by Crippen LogP contribution is -3.00. The molecule has 0 aliphatic carbocycles. The number of hydrogen-bond donors (Lipinski definition) is 3. The number of hydrogen-bond acceptors (Lipinski definition) is 9. The minimum Gasteiger partial charge on any atom is -1.00 e. The van der Waals surface area contributed by atoms with Gasteiger partial charge < -0.3 is 42.8 Å². The van der Waals surface area contributed by atoms with Crippen molar-refractivity contribution < 1.29 is 45.6 Å². The molecule has 0 unspecified atom stereocenters. The molecule has 0 spiro atoms. The van der Waals surface area contributed by atoms with Crippen LogP contribution in [-0.4, -0.2) is 73.3 Å². The summed E-state index contributed by atoms with van der Waals surface area (Å²) in [4.78, 5) is 49.3. The Kier molecular flexibility index (Phi) is 20.3. The molecule has 0 heterocycles. The second-order valence-electron chi connectivity index (χ2n) is 10.9. The summed E-state index contributed by atoms with van der Waals surface area (Å²) >= 11 is 0. The Bertz CT molecular complexity index is 1330. The fourth-order valence-corrected chi connectivity index (χ4v) is 11.9. The Morgan fingerprint density at radius 1 is 0.776 bits per heavy atom. The summed E-state index contributed by atoms with van der Waals surface area (Å²) in [6.07, 6.45) is 3.06. The molecule has 0 saturated heterocycles. The highest BCUT2D eigenvalue weighted by Crippen LogP contribution is 2.56. The number of benzene rings is 3. The van der Waals surface area contributed by atoms with Gasteiger partial charge in [-0.15, -0.1) is 0 Å². The van der Waals surface area contributed by atoms with Crippen LogP contribution in [0.2, 0.25) is 0 Å². The minimum absolute atomic E-state index is 0. The normalized spacial score (nSPS) is 12.1. The summed E-state index contributed by atoms with van der Waals surface area (Å²) in [7, 11) is 1.25. The van der Waals surface area contributed by atoms with Gasteiger partial charge in [0.05, 0.1) is 19.4 Å². The number of rotatable bonds is 21. The molecular formula is C36H47BrN3O6PS2. The van der Waals surface area contributed by atoms with Crippen LogP contribution >= 0.6 is 28.9 Å². The Morgan fingerprint density at radius 3 is 1.82 bits per heavy atom. The maximum Gasteiger partial charge on any atom is 0.325 e. The quantitative estimate of drug-likeness (QED) is 0.0625. The molecule has 2 amide bonds. The lowest BCUT2D eigenvalue weighted by atomic mass is 10.1. The lowest BCUT2D eigenvalue weighted by Gasteiger charge is -2.27. The van der Waals surface area contributed by atoms with E-state index >= 15 is 0 Å². The largest absolute Gasteiger partial charge is 1.00 e. The van der Waals surface area contributed by atoms with Crippen LogP contribution in [-0.2, 0) is 28.7 Å². The monoisotopic (exact) mass is 791 g/mol. The number of amides is 2. The van der Waals surface area contributed by atoms with E-state index in [-0.39, 0.29) is 49.6 Å². The topological polar surface area (TPSA) is 137 Å². The SMILES string of the molecule is CCOC(=O)CNC(=O)[C@H](CSSCCCC[P+](c1ccccc1)(c1ccccc1)c1ccccc1)NC(=O)CC[C@H](N)C(=O)OCC.[Br-]. The molecule has 3 aromatic carbocycles. The molecule has 4 N–H and O–H groups in total. The molecule has 2 atom stereocenters. The van der Waals surface area contributed by atoms with E-state index < -0.39 is 43.1 Å². The van der Waals surface area contributed by atoms with Crippen molar-refractivity contribution in [1.29, 1.82) is 0 Å². The van der Waals surface area contributed by atoms with E-state index in [1.165, 1.54) is 26.7 Å². The zero-order valence-corrected chi connectivity index (χ0v) is 32.2. The summed E-state index contributed by atoms with van der Waals surface area (Å²) in [5, 5.41) is 9.37. The van der Waals surface area contributed by atoms with E-state index in [1.54, 1.807) is 24.6 Å². The van der Waals surface area contributed by atoms with Crippen LogP contribution in [0.4, 0.5) is 0 Å². The third kappa shape index (κ3) is 13.7. The van der Waals surface area contributed by atoms with E-state index in [0.29, 0.717) is 5.75 Å². The maximum atomic E-state index is 12.9. The van der Waals surface area contributed by atoms with E-state index in [0.717, 1.165) is 24.8 Å². The van der Waals surface area contributed by atoms with Crippen molar-refractivity contribution in [3.63, 3.8) is 0 Å². The third-order valence-electron chi connectivity index (χ3n) is 7.52. The summed E-state index contributed by atoms with van der Waals surface area (Å²) in [5.41, 5.74) is 5.82. The molecule has 0 fully saturated rings. The predicted octanol–water partition coefficient (Wildman–Crippen LogP) is 0.981. The molecule has 0 radical (unpaired) electrons. The Hall–Kier alpha value is -2.89. The highest BCUT2D eigenvalue weighted by molar-refractivity contribution is 8.76. The fraction of sp³-hybridized carbons (Fsp3) is 0.389. The zero-order chi connectivity index (χ0) is 34.6. The number of halogens is 1. The summed E-state index contributed by atoms with van der Waals surface area (Å²) < 4.78 is 9.80. The third-order valence-corrected chi connectivity index (χ3v) is 14.5. The van der Waals surface area contributed by atoms with Gasteiger partial charge in [0.15, 0.2) is 0 Å². The van der Waals surface area contributed by atoms with Crippen LogP contribution in [0.3, 0.4) is 0 Å². The molecule has 0 aliphatic heterocycles. The van der Waals surface area contributed by atoms with Gasteiger partial charge in [-0.1, -0.05) is 76.2 Å². The van der Waals surface area contributed by atoms with E-state index in [4.69, 9.17) is 15.2 Å². The first kappa shape index (κ1) is 42.3. The number of unbranched alkanes of at least 4 members (excludes halogenated alkanes) is 1. The van der Waals surface area contributed by atoms with Gasteiger partial charge in [-0.3, -0.25) is 19.2 Å². The van der Waals surface area contributed by atoms with E-state index in [9.17, 15) is 19.2 Å². The number of nitrogens with one attached hydrogen (secondary N) is 2. The van der Waals surface area contributed by atoms with Gasteiger partial charge >= 0.3 is 11.9 Å². The molecule has 0 saturated carbocycles. The summed E-state index contributed by atoms with van der Waals surface area (Å²) in [6.45, 7) is 3.48.